The minimum absolute atomic E-state index is 0.972. The molecule has 1 fully saturated rings. The topological polar surface area (TPSA) is 32.3 Å². The fraction of sp³-hybridized carbons (Fsp3) is 0.429. The third-order valence-electron chi connectivity index (χ3n) is 3.43. The van der Waals surface area contributed by atoms with Crippen molar-refractivity contribution in [3.05, 3.63) is 41.0 Å². The Morgan fingerprint density at radius 2 is 2.11 bits per heavy atom. The summed E-state index contributed by atoms with van der Waals surface area (Å²) in [5.41, 5.74) is 3.10. The van der Waals surface area contributed by atoms with E-state index in [2.05, 4.69) is 37.3 Å². The first-order chi connectivity index (χ1) is 9.42. The SMILES string of the molecule is c1ccc(N2CCCN(Cc3cscn3)CC2)nc1. The van der Waals surface area contributed by atoms with E-state index in [4.69, 9.17) is 0 Å². The predicted octanol–water partition coefficient (Wildman–Crippen LogP) is 2.25. The molecule has 0 amide bonds. The summed E-state index contributed by atoms with van der Waals surface area (Å²) >= 11 is 1.67. The van der Waals surface area contributed by atoms with Crippen LogP contribution in [0.25, 0.3) is 0 Å². The van der Waals surface area contributed by atoms with Gasteiger partial charge >= 0.3 is 0 Å². The molecule has 4 nitrogen and oxygen atoms in total. The van der Waals surface area contributed by atoms with E-state index in [1.165, 1.54) is 12.1 Å². The first-order valence-electron chi connectivity index (χ1n) is 6.67. The number of nitrogens with zero attached hydrogens (tertiary/aromatic N) is 4. The van der Waals surface area contributed by atoms with Crippen molar-refractivity contribution in [2.75, 3.05) is 31.1 Å². The minimum atomic E-state index is 0.972. The molecule has 3 heterocycles. The number of anilines is 1. The zero-order chi connectivity index (χ0) is 12.9. The van der Waals surface area contributed by atoms with E-state index in [9.17, 15) is 0 Å². The van der Waals surface area contributed by atoms with Crippen molar-refractivity contribution in [2.45, 2.75) is 13.0 Å². The van der Waals surface area contributed by atoms with E-state index < -0.39 is 0 Å². The van der Waals surface area contributed by atoms with Gasteiger partial charge in [-0.3, -0.25) is 4.90 Å². The summed E-state index contributed by atoms with van der Waals surface area (Å²) in [7, 11) is 0. The molecule has 0 atom stereocenters. The lowest BCUT2D eigenvalue weighted by Crippen LogP contribution is -2.30. The van der Waals surface area contributed by atoms with Crippen LogP contribution in [0.1, 0.15) is 12.1 Å². The Morgan fingerprint density at radius 3 is 2.89 bits per heavy atom. The van der Waals surface area contributed by atoms with Crippen LogP contribution in [0.15, 0.2) is 35.3 Å². The number of thiazole rings is 1. The molecule has 3 rings (SSSR count). The summed E-state index contributed by atoms with van der Waals surface area (Å²) in [5.74, 6) is 1.10. The molecule has 2 aromatic heterocycles. The van der Waals surface area contributed by atoms with Crippen molar-refractivity contribution in [3.8, 4) is 0 Å². The summed E-state index contributed by atoms with van der Waals surface area (Å²) in [4.78, 5) is 13.7. The maximum atomic E-state index is 4.44. The first kappa shape index (κ1) is 12.6. The summed E-state index contributed by atoms with van der Waals surface area (Å²) < 4.78 is 0. The van der Waals surface area contributed by atoms with Gasteiger partial charge in [-0.2, -0.15) is 0 Å². The van der Waals surface area contributed by atoms with Gasteiger partial charge in [0.25, 0.3) is 0 Å². The highest BCUT2D eigenvalue weighted by molar-refractivity contribution is 7.07. The van der Waals surface area contributed by atoms with Gasteiger partial charge in [-0.1, -0.05) is 6.07 Å². The summed E-state index contributed by atoms with van der Waals surface area (Å²) in [6.07, 6.45) is 3.05. The molecule has 0 spiro atoms. The van der Waals surface area contributed by atoms with Gasteiger partial charge in [0.2, 0.25) is 0 Å². The van der Waals surface area contributed by atoms with Gasteiger partial charge in [0, 0.05) is 44.3 Å². The van der Waals surface area contributed by atoms with Gasteiger partial charge in [-0.25, -0.2) is 9.97 Å². The molecule has 100 valence electrons. The summed E-state index contributed by atoms with van der Waals surface area (Å²) in [6.45, 7) is 5.32. The molecule has 1 saturated heterocycles. The number of hydrogen-bond donors (Lipinski definition) is 0. The monoisotopic (exact) mass is 274 g/mol. The standard InChI is InChI=1S/C14H18N4S/c1-2-5-15-14(4-1)18-7-3-6-17(8-9-18)10-13-11-19-12-16-13/h1-2,4-5,11-12H,3,6-10H2. The van der Waals surface area contributed by atoms with Crippen LogP contribution in [0, 0.1) is 0 Å². The second kappa shape index (κ2) is 6.12. The van der Waals surface area contributed by atoms with Crippen LogP contribution in [0.3, 0.4) is 0 Å². The Labute approximate surface area is 117 Å². The molecule has 0 N–H and O–H groups in total. The van der Waals surface area contributed by atoms with Crippen LogP contribution in [0.2, 0.25) is 0 Å². The average molecular weight is 274 g/mol. The van der Waals surface area contributed by atoms with Crippen LogP contribution in [0.5, 0.6) is 0 Å². The van der Waals surface area contributed by atoms with E-state index >= 15 is 0 Å². The summed E-state index contributed by atoms with van der Waals surface area (Å²) in [6, 6.07) is 6.12. The highest BCUT2D eigenvalue weighted by atomic mass is 32.1. The lowest BCUT2D eigenvalue weighted by Gasteiger charge is -2.22. The molecule has 1 aliphatic heterocycles. The molecule has 0 bridgehead atoms. The third kappa shape index (κ3) is 3.30. The first-order valence-corrected chi connectivity index (χ1v) is 7.61. The Kier molecular flexibility index (Phi) is 4.05. The predicted molar refractivity (Wildman–Crippen MR) is 78.5 cm³/mol. The quantitative estimate of drug-likeness (QED) is 0.859. The van der Waals surface area contributed by atoms with E-state index in [0.717, 1.165) is 38.5 Å². The van der Waals surface area contributed by atoms with Crippen LogP contribution in [-0.2, 0) is 6.54 Å². The maximum absolute atomic E-state index is 4.44. The minimum Gasteiger partial charge on any atom is -0.355 e. The van der Waals surface area contributed by atoms with Crippen molar-refractivity contribution in [2.24, 2.45) is 0 Å². The van der Waals surface area contributed by atoms with Crippen molar-refractivity contribution >= 4 is 17.2 Å². The van der Waals surface area contributed by atoms with Crippen molar-refractivity contribution in [1.29, 1.82) is 0 Å². The molecule has 2 aromatic rings. The second-order valence-corrected chi connectivity index (χ2v) is 5.50. The van der Waals surface area contributed by atoms with Crippen LogP contribution >= 0.6 is 11.3 Å². The van der Waals surface area contributed by atoms with Crippen LogP contribution in [0.4, 0.5) is 5.82 Å². The molecule has 0 aliphatic carbocycles. The highest BCUT2D eigenvalue weighted by Crippen LogP contribution is 2.14. The zero-order valence-electron chi connectivity index (χ0n) is 10.9. The molecule has 5 heteroatoms. The van der Waals surface area contributed by atoms with Gasteiger partial charge in [-0.15, -0.1) is 11.3 Å². The molecular weight excluding hydrogens is 256 g/mol. The normalized spacial score (nSPS) is 17.4. The number of rotatable bonds is 3. The Balaban J connectivity index is 1.60. The lowest BCUT2D eigenvalue weighted by atomic mass is 10.3. The van der Waals surface area contributed by atoms with Gasteiger partial charge in [0.05, 0.1) is 11.2 Å². The maximum Gasteiger partial charge on any atom is 0.128 e. The van der Waals surface area contributed by atoms with Gasteiger partial charge in [-0.05, 0) is 18.6 Å². The Bertz CT molecular complexity index is 485. The number of pyridine rings is 1. The fourth-order valence-corrected chi connectivity index (χ4v) is 2.99. The van der Waals surface area contributed by atoms with Crippen LogP contribution in [-0.4, -0.2) is 41.0 Å². The van der Waals surface area contributed by atoms with E-state index in [1.54, 1.807) is 11.3 Å². The van der Waals surface area contributed by atoms with Crippen LogP contribution < -0.4 is 4.90 Å². The number of hydrogen-bond acceptors (Lipinski definition) is 5. The smallest absolute Gasteiger partial charge is 0.128 e. The van der Waals surface area contributed by atoms with Crippen molar-refractivity contribution in [1.82, 2.24) is 14.9 Å². The van der Waals surface area contributed by atoms with Gasteiger partial charge in [0.15, 0.2) is 0 Å². The van der Waals surface area contributed by atoms with E-state index in [-0.39, 0.29) is 0 Å². The van der Waals surface area contributed by atoms with Gasteiger partial charge in [0.1, 0.15) is 5.82 Å². The lowest BCUT2D eigenvalue weighted by molar-refractivity contribution is 0.282. The fourth-order valence-electron chi connectivity index (χ4n) is 2.44. The molecule has 19 heavy (non-hydrogen) atoms. The highest BCUT2D eigenvalue weighted by Gasteiger charge is 2.16. The van der Waals surface area contributed by atoms with Gasteiger partial charge < -0.3 is 4.90 Å². The molecule has 0 aromatic carbocycles. The molecule has 0 unspecified atom stereocenters. The third-order valence-corrected chi connectivity index (χ3v) is 4.07. The van der Waals surface area contributed by atoms with E-state index in [1.807, 2.05) is 17.8 Å². The zero-order valence-corrected chi connectivity index (χ0v) is 11.7. The van der Waals surface area contributed by atoms with E-state index in [0.29, 0.717) is 0 Å². The molecule has 1 aliphatic rings. The molecule has 0 radical (unpaired) electrons. The number of aromatic nitrogens is 2. The average Bonchev–Trinajstić information content (AvgIpc) is 2.85. The second-order valence-electron chi connectivity index (χ2n) is 4.78. The Hall–Kier alpha value is -1.46. The largest absolute Gasteiger partial charge is 0.355 e. The van der Waals surface area contributed by atoms with Crippen molar-refractivity contribution < 1.29 is 0 Å². The molecular formula is C14H18N4S. The Morgan fingerprint density at radius 1 is 1.11 bits per heavy atom. The molecule has 0 saturated carbocycles. The summed E-state index contributed by atoms with van der Waals surface area (Å²) in [5, 5.41) is 2.14. The van der Waals surface area contributed by atoms with Crippen molar-refractivity contribution in [3.63, 3.8) is 0 Å².